The number of rotatable bonds is 20. The summed E-state index contributed by atoms with van der Waals surface area (Å²) < 4.78 is 0. The number of hydrogen-bond donors (Lipinski definition) is 0. The number of nitrogens with zero attached hydrogens (tertiary/aromatic N) is 1. The van der Waals surface area contributed by atoms with Crippen LogP contribution in [0.4, 0.5) is 0 Å². The van der Waals surface area contributed by atoms with E-state index < -0.39 is 5.09 Å². The van der Waals surface area contributed by atoms with Crippen LogP contribution in [0, 0.1) is 16.0 Å². The molecule has 0 bridgehead atoms. The van der Waals surface area contributed by atoms with E-state index in [-0.39, 0.29) is 6.61 Å². The first kappa shape index (κ1) is 29.4. The molecular formula is C24H51NO3. The monoisotopic (exact) mass is 401 g/mol. The first-order chi connectivity index (χ1) is 13.5. The summed E-state index contributed by atoms with van der Waals surface area (Å²) >= 11 is 0. The van der Waals surface area contributed by atoms with Gasteiger partial charge in [0.05, 0.1) is 6.61 Å². The van der Waals surface area contributed by atoms with Gasteiger partial charge in [-0.3, -0.25) is 0 Å². The Morgan fingerprint density at radius 3 is 1.32 bits per heavy atom. The molecule has 0 N–H and O–H groups in total. The number of hydrogen-bond acceptors (Lipinski definition) is 3. The maximum absolute atomic E-state index is 9.72. The van der Waals surface area contributed by atoms with Gasteiger partial charge >= 0.3 is 0 Å². The summed E-state index contributed by atoms with van der Waals surface area (Å²) in [7, 11) is 0. The molecule has 4 heteroatoms. The van der Waals surface area contributed by atoms with Gasteiger partial charge in [-0.25, -0.2) is 0 Å². The second kappa shape index (κ2) is 26.2. The molecule has 0 aromatic rings. The van der Waals surface area contributed by atoms with Crippen molar-refractivity contribution in [2.75, 3.05) is 6.61 Å². The second-order valence-corrected chi connectivity index (χ2v) is 8.54. The average molecular weight is 402 g/mol. The van der Waals surface area contributed by atoms with Crippen molar-refractivity contribution >= 4 is 0 Å². The van der Waals surface area contributed by atoms with Gasteiger partial charge in [-0.15, -0.1) is 10.1 Å². The first-order valence-corrected chi connectivity index (χ1v) is 12.3. The topological polar surface area (TPSA) is 52.4 Å². The van der Waals surface area contributed by atoms with Crippen molar-refractivity contribution < 1.29 is 9.92 Å². The zero-order valence-corrected chi connectivity index (χ0v) is 19.7. The normalized spacial score (nSPS) is 10.6. The highest BCUT2D eigenvalue weighted by molar-refractivity contribution is 4.48. The van der Waals surface area contributed by atoms with Gasteiger partial charge in [0.1, 0.15) is 0 Å². The quantitative estimate of drug-likeness (QED) is 0.116. The van der Waals surface area contributed by atoms with E-state index in [1.54, 1.807) is 0 Å². The summed E-state index contributed by atoms with van der Waals surface area (Å²) in [6, 6.07) is 0. The van der Waals surface area contributed by atoms with Gasteiger partial charge < -0.3 is 4.84 Å². The van der Waals surface area contributed by atoms with Gasteiger partial charge in [-0.1, -0.05) is 137 Å². The minimum atomic E-state index is -0.734. The fourth-order valence-corrected chi connectivity index (χ4v) is 3.24. The Hall–Kier alpha value is -0.800. The van der Waals surface area contributed by atoms with Crippen LogP contribution >= 0.6 is 0 Å². The third-order valence-electron chi connectivity index (χ3n) is 5.08. The van der Waals surface area contributed by atoms with E-state index in [2.05, 4.69) is 32.5 Å². The number of unbranched alkanes of at least 4 members (excludes halogenated alkanes) is 15. The summed E-state index contributed by atoms with van der Waals surface area (Å²) in [6.07, 6.45) is 24.6. The smallest absolute Gasteiger partial charge is 0.294 e. The maximum Gasteiger partial charge on any atom is 0.294 e. The highest BCUT2D eigenvalue weighted by atomic mass is 16.9. The Labute approximate surface area is 176 Å². The van der Waals surface area contributed by atoms with E-state index in [4.69, 9.17) is 0 Å². The molecule has 0 unspecified atom stereocenters. The molecule has 0 atom stereocenters. The van der Waals surface area contributed by atoms with Crippen LogP contribution in [0.25, 0.3) is 0 Å². The molecule has 0 aliphatic rings. The lowest BCUT2D eigenvalue weighted by Gasteiger charge is -2.03. The third-order valence-corrected chi connectivity index (χ3v) is 5.08. The van der Waals surface area contributed by atoms with Crippen LogP contribution in [0.15, 0.2) is 0 Å². The summed E-state index contributed by atoms with van der Waals surface area (Å²) in [5.41, 5.74) is 0. The minimum absolute atomic E-state index is 0.241. The van der Waals surface area contributed by atoms with Gasteiger partial charge in [-0.2, -0.15) is 0 Å². The van der Waals surface area contributed by atoms with Crippen LogP contribution in [0.1, 0.15) is 143 Å². The van der Waals surface area contributed by atoms with Crippen molar-refractivity contribution in [3.8, 4) is 0 Å². The predicted octanol–water partition coefficient (Wildman–Crippen LogP) is 8.90. The zero-order valence-electron chi connectivity index (χ0n) is 19.7. The van der Waals surface area contributed by atoms with Gasteiger partial charge in [0.25, 0.3) is 5.09 Å². The van der Waals surface area contributed by atoms with Gasteiger partial charge in [-0.05, 0) is 12.3 Å². The van der Waals surface area contributed by atoms with Crippen LogP contribution in [0.3, 0.4) is 0 Å². The molecule has 0 aliphatic heterocycles. The zero-order chi connectivity index (χ0) is 21.3. The molecule has 0 saturated heterocycles. The van der Waals surface area contributed by atoms with E-state index in [9.17, 15) is 10.1 Å². The van der Waals surface area contributed by atoms with E-state index in [0.717, 1.165) is 25.2 Å². The van der Waals surface area contributed by atoms with Gasteiger partial charge in [0.15, 0.2) is 0 Å². The van der Waals surface area contributed by atoms with E-state index in [1.165, 1.54) is 96.3 Å². The molecule has 0 fully saturated rings. The van der Waals surface area contributed by atoms with Gasteiger partial charge in [0, 0.05) is 0 Å². The molecule has 0 spiro atoms. The third kappa shape index (κ3) is 32.8. The van der Waals surface area contributed by atoms with E-state index >= 15 is 0 Å². The lowest BCUT2D eigenvalue weighted by atomic mass is 10.0. The molecule has 28 heavy (non-hydrogen) atoms. The Balaban J connectivity index is 0. The van der Waals surface area contributed by atoms with Crippen LogP contribution in [0.5, 0.6) is 0 Å². The Morgan fingerprint density at radius 1 is 0.643 bits per heavy atom. The maximum atomic E-state index is 9.72. The van der Waals surface area contributed by atoms with Crippen molar-refractivity contribution in [2.45, 2.75) is 143 Å². The predicted molar refractivity (Wildman–Crippen MR) is 122 cm³/mol. The first-order valence-electron chi connectivity index (χ1n) is 12.3. The minimum Gasteiger partial charge on any atom is -0.314 e. The molecule has 0 aromatic heterocycles. The van der Waals surface area contributed by atoms with Crippen molar-refractivity contribution in [2.24, 2.45) is 5.92 Å². The van der Waals surface area contributed by atoms with Crippen molar-refractivity contribution in [1.82, 2.24) is 0 Å². The lowest BCUT2D eigenvalue weighted by Crippen LogP contribution is -2.01. The molecule has 0 heterocycles. The standard InChI is InChI=1S/C16H34.C8H17NO3/c1-3-5-7-9-11-13-15-16-14-12-10-8-6-4-2;1-8(2)6-4-3-5-7-12-9(10)11/h3-16H2,1-2H3;8H,3-7H2,1-2H3. The molecule has 0 amide bonds. The largest absolute Gasteiger partial charge is 0.314 e. The fourth-order valence-electron chi connectivity index (χ4n) is 3.24. The SMILES string of the molecule is CC(C)CCCCCO[N+](=O)[O-].CCCCCCCCCCCCCCCC. The highest BCUT2D eigenvalue weighted by Crippen LogP contribution is 2.12. The Bertz CT molecular complexity index is 282. The van der Waals surface area contributed by atoms with Crippen LogP contribution < -0.4 is 0 Å². The second-order valence-electron chi connectivity index (χ2n) is 8.54. The summed E-state index contributed by atoms with van der Waals surface area (Å²) in [5, 5.41) is 8.99. The molecule has 4 nitrogen and oxygen atoms in total. The van der Waals surface area contributed by atoms with E-state index in [1.807, 2.05) is 0 Å². The van der Waals surface area contributed by atoms with Crippen molar-refractivity contribution in [1.29, 1.82) is 0 Å². The summed E-state index contributed by atoms with van der Waals surface area (Å²) in [5.74, 6) is 0.724. The fraction of sp³-hybridized carbons (Fsp3) is 1.00. The van der Waals surface area contributed by atoms with E-state index in [0.29, 0.717) is 0 Å². The highest BCUT2D eigenvalue weighted by Gasteiger charge is 1.96. The molecule has 170 valence electrons. The molecule has 0 aromatic carbocycles. The Kier molecular flexibility index (Phi) is 27.5. The van der Waals surface area contributed by atoms with Gasteiger partial charge in [0.2, 0.25) is 0 Å². The molecule has 0 radical (unpaired) electrons. The van der Waals surface area contributed by atoms with Crippen LogP contribution in [-0.2, 0) is 4.84 Å². The van der Waals surface area contributed by atoms with Crippen molar-refractivity contribution in [3.63, 3.8) is 0 Å². The molecule has 0 saturated carbocycles. The summed E-state index contributed by atoms with van der Waals surface area (Å²) in [6.45, 7) is 9.17. The summed E-state index contributed by atoms with van der Waals surface area (Å²) in [4.78, 5) is 13.9. The Morgan fingerprint density at radius 2 is 1.00 bits per heavy atom. The lowest BCUT2D eigenvalue weighted by molar-refractivity contribution is -0.757. The molecular weight excluding hydrogens is 350 g/mol. The molecule has 0 rings (SSSR count). The van der Waals surface area contributed by atoms with Crippen LogP contribution in [-0.4, -0.2) is 11.7 Å². The van der Waals surface area contributed by atoms with Crippen molar-refractivity contribution in [3.05, 3.63) is 10.1 Å². The molecule has 0 aliphatic carbocycles. The van der Waals surface area contributed by atoms with Crippen LogP contribution in [0.2, 0.25) is 0 Å². The average Bonchev–Trinajstić information content (AvgIpc) is 2.65.